The number of aromatic nitrogens is 1. The van der Waals surface area contributed by atoms with Crippen molar-refractivity contribution in [2.24, 2.45) is 22.2 Å². The summed E-state index contributed by atoms with van der Waals surface area (Å²) in [5.74, 6) is -9.49. The topological polar surface area (TPSA) is 358 Å². The number of carboxylic acid groups (broad SMARTS) is 3. The first-order chi connectivity index (χ1) is 32.5. The number of benzene rings is 2. The van der Waals surface area contributed by atoms with E-state index in [1.807, 2.05) is 24.3 Å². The number of hydrogen-bond acceptors (Lipinski definition) is 11. The molecule has 0 saturated carbocycles. The fourth-order valence-corrected chi connectivity index (χ4v) is 5.41. The molecule has 0 aliphatic carbocycles. The average molecular weight is 1020 g/mol. The number of aliphatic imine (C=N–C) groups is 1. The van der Waals surface area contributed by atoms with Crippen LogP contribution >= 0.6 is 0 Å². The molecule has 0 aliphatic rings. The van der Waals surface area contributed by atoms with Gasteiger partial charge in [-0.05, 0) is 57.3 Å². The summed E-state index contributed by atoms with van der Waals surface area (Å²) in [7, 11) is 0. The van der Waals surface area contributed by atoms with Crippen LogP contribution in [-0.4, -0.2) is 129 Å². The third-order valence-corrected chi connectivity index (χ3v) is 8.88. The third kappa shape index (κ3) is 28.3. The monoisotopic (exact) mass is 1020 g/mol. The van der Waals surface area contributed by atoms with Crippen LogP contribution in [0, 0.1) is 0 Å². The summed E-state index contributed by atoms with van der Waals surface area (Å²) in [6.07, 6.45) is -5.13. The first-order valence-corrected chi connectivity index (χ1v) is 20.8. The molecule has 3 amide bonds. The van der Waals surface area contributed by atoms with E-state index in [-0.39, 0.29) is 35.7 Å². The highest BCUT2D eigenvalue weighted by molar-refractivity contribution is 5.95. The number of rotatable bonds is 23. The van der Waals surface area contributed by atoms with Gasteiger partial charge in [0, 0.05) is 53.9 Å². The minimum absolute atomic E-state index is 0.00648. The highest BCUT2D eigenvalue weighted by Gasteiger charge is 2.39. The number of carbonyl (C=O) groups excluding carboxylic acids is 3. The van der Waals surface area contributed by atoms with E-state index in [2.05, 4.69) is 31.2 Å². The number of H-pyrrole nitrogens is 1. The number of aliphatic carboxylic acids is 3. The van der Waals surface area contributed by atoms with E-state index in [1.165, 1.54) is 18.2 Å². The van der Waals surface area contributed by atoms with Gasteiger partial charge in [-0.15, -0.1) is 0 Å². The minimum atomic E-state index is -5.08. The Morgan fingerprint density at radius 3 is 1.61 bits per heavy atom. The van der Waals surface area contributed by atoms with Gasteiger partial charge in [0.2, 0.25) is 17.7 Å². The third-order valence-electron chi connectivity index (χ3n) is 8.88. The average Bonchev–Trinajstić information content (AvgIpc) is 3.68. The first-order valence-electron chi connectivity index (χ1n) is 20.8. The molecule has 0 bridgehead atoms. The van der Waals surface area contributed by atoms with Crippen molar-refractivity contribution >= 4 is 52.5 Å². The van der Waals surface area contributed by atoms with Crippen LogP contribution in [0.3, 0.4) is 0 Å². The molecule has 0 fully saturated rings. The number of phenolic OH excluding ortho intramolecular Hbond substituents is 2. The number of para-hydroxylation sites is 1. The van der Waals surface area contributed by atoms with E-state index in [1.54, 1.807) is 6.20 Å². The summed E-state index contributed by atoms with van der Waals surface area (Å²) >= 11 is 0. The van der Waals surface area contributed by atoms with Gasteiger partial charge < -0.3 is 69.0 Å². The van der Waals surface area contributed by atoms with E-state index in [9.17, 15) is 64.1 Å². The number of unbranched alkanes of at least 4 members (excludes halogenated alkanes) is 6. The smallest absolute Gasteiger partial charge is 0.490 e. The maximum Gasteiger partial charge on any atom is 0.490 e. The number of phenols is 2. The molecule has 20 nitrogen and oxygen atoms in total. The molecule has 3 aromatic rings. The summed E-state index contributed by atoms with van der Waals surface area (Å²) in [5.41, 5.74) is 18.2. The maximum atomic E-state index is 13.3. The number of halogens is 9. The van der Waals surface area contributed by atoms with Gasteiger partial charge in [0.05, 0.1) is 12.5 Å². The molecule has 16 N–H and O–H groups in total. The van der Waals surface area contributed by atoms with Gasteiger partial charge in [0.1, 0.15) is 17.5 Å². The number of alkyl halides is 9. The molecule has 394 valence electrons. The van der Waals surface area contributed by atoms with Crippen LogP contribution in [0.1, 0.15) is 75.0 Å². The Balaban J connectivity index is 0.00000187. The Labute approximate surface area is 393 Å². The molecule has 0 radical (unpaired) electrons. The number of aromatic hydroxyl groups is 2. The van der Waals surface area contributed by atoms with Crippen LogP contribution in [0.15, 0.2) is 53.7 Å². The molecule has 1 aromatic heterocycles. The SMILES string of the molecule is NC(N)=NCC[C@H](N)C(=O)NCCCCCCCCNCCCCNC(=O)[C@@H](NC(=O)Cc1ccc(O)cc1O)c1c[nH]c2ccccc12.O=C(O)C(F)(F)F.O=C(O)C(F)(F)F.O=C(O)C(F)(F)F. The molecular formula is C41H56F9N9O11. The van der Waals surface area contributed by atoms with Gasteiger partial charge in [0.25, 0.3) is 0 Å². The molecule has 3 rings (SSSR count). The van der Waals surface area contributed by atoms with E-state index in [0.717, 1.165) is 75.4 Å². The van der Waals surface area contributed by atoms with E-state index in [0.29, 0.717) is 37.2 Å². The van der Waals surface area contributed by atoms with Gasteiger partial charge in [-0.3, -0.25) is 19.4 Å². The predicted molar refractivity (Wildman–Crippen MR) is 233 cm³/mol. The molecule has 0 aliphatic heterocycles. The predicted octanol–water partition coefficient (Wildman–Crippen LogP) is 3.81. The van der Waals surface area contributed by atoms with Crippen LogP contribution in [0.5, 0.6) is 11.5 Å². The fraction of sp³-hybridized carbons (Fsp3) is 0.488. The summed E-state index contributed by atoms with van der Waals surface area (Å²) in [5, 5.41) is 54.0. The molecule has 70 heavy (non-hydrogen) atoms. The van der Waals surface area contributed by atoms with Crippen LogP contribution in [-0.2, 0) is 35.2 Å². The number of nitrogens with two attached hydrogens (primary N) is 3. The highest BCUT2D eigenvalue weighted by Crippen LogP contribution is 2.26. The van der Waals surface area contributed by atoms with Crippen molar-refractivity contribution in [3.05, 3.63) is 59.8 Å². The van der Waals surface area contributed by atoms with Crippen LogP contribution < -0.4 is 38.5 Å². The van der Waals surface area contributed by atoms with Crippen molar-refractivity contribution in [2.75, 3.05) is 32.7 Å². The Morgan fingerprint density at radius 2 is 1.11 bits per heavy atom. The highest BCUT2D eigenvalue weighted by atomic mass is 19.4. The Morgan fingerprint density at radius 1 is 0.657 bits per heavy atom. The quantitative estimate of drug-likeness (QED) is 0.0278. The van der Waals surface area contributed by atoms with Gasteiger partial charge >= 0.3 is 36.4 Å². The van der Waals surface area contributed by atoms with E-state index < -0.39 is 54.4 Å². The van der Waals surface area contributed by atoms with E-state index in [4.69, 9.17) is 46.9 Å². The summed E-state index contributed by atoms with van der Waals surface area (Å²) in [6.45, 7) is 3.20. The van der Waals surface area contributed by atoms with Crippen molar-refractivity contribution < 1.29 is 93.8 Å². The van der Waals surface area contributed by atoms with Crippen molar-refractivity contribution in [1.82, 2.24) is 26.3 Å². The zero-order chi connectivity index (χ0) is 53.7. The molecule has 0 unspecified atom stereocenters. The molecule has 1 heterocycles. The van der Waals surface area contributed by atoms with Crippen LogP contribution in [0.25, 0.3) is 10.9 Å². The largest absolute Gasteiger partial charge is 0.508 e. The zero-order valence-corrected chi connectivity index (χ0v) is 37.1. The van der Waals surface area contributed by atoms with Gasteiger partial charge in [0.15, 0.2) is 5.96 Å². The van der Waals surface area contributed by atoms with E-state index >= 15 is 0 Å². The summed E-state index contributed by atoms with van der Waals surface area (Å²) < 4.78 is 95.2. The molecule has 2 atom stereocenters. The second-order valence-electron chi connectivity index (χ2n) is 14.6. The van der Waals surface area contributed by atoms with Crippen molar-refractivity contribution in [3.8, 4) is 11.5 Å². The Bertz CT molecular complexity index is 2080. The van der Waals surface area contributed by atoms with Crippen LogP contribution in [0.4, 0.5) is 39.5 Å². The number of fused-ring (bicyclic) bond motifs is 1. The lowest BCUT2D eigenvalue weighted by Crippen LogP contribution is -2.41. The number of carbonyl (C=O) groups is 6. The minimum Gasteiger partial charge on any atom is -0.508 e. The zero-order valence-electron chi connectivity index (χ0n) is 37.1. The Hall–Kier alpha value is -7.04. The van der Waals surface area contributed by atoms with Crippen molar-refractivity contribution in [1.29, 1.82) is 0 Å². The molecule has 0 saturated heterocycles. The second-order valence-corrected chi connectivity index (χ2v) is 14.6. The molecule has 0 spiro atoms. The molecular weight excluding hydrogens is 965 g/mol. The lowest BCUT2D eigenvalue weighted by molar-refractivity contribution is -0.193. The summed E-state index contributed by atoms with van der Waals surface area (Å²) in [4.78, 5) is 72.0. The van der Waals surface area contributed by atoms with Gasteiger partial charge in [-0.25, -0.2) is 14.4 Å². The van der Waals surface area contributed by atoms with Gasteiger partial charge in [-0.1, -0.05) is 49.9 Å². The first kappa shape index (κ1) is 63.0. The normalized spacial score (nSPS) is 12.0. The van der Waals surface area contributed by atoms with Crippen molar-refractivity contribution in [3.63, 3.8) is 0 Å². The standard InChI is InChI=1S/C35H53N9O5.3C2HF3O2/c36-28(15-20-42-35(37)38)33(48)40-18-8-4-2-1-3-7-16-39-17-9-10-19-41-34(49)32(27-23-43-29-12-6-5-11-26(27)29)44-31(47)21-24-13-14-25(45)22-30(24)46;3*3-2(4,5)1(6)7/h5-6,11-14,22-23,28,32,39,43,45-46H,1-4,7-10,15-21,36H2,(H,40,48)(H,41,49)(H,44,47)(H4,37,38,42);3*(H,6,7)/t28-,32-;;;/m0.../s1. The van der Waals surface area contributed by atoms with Crippen LogP contribution in [0.2, 0.25) is 0 Å². The van der Waals surface area contributed by atoms with Gasteiger partial charge in [-0.2, -0.15) is 39.5 Å². The lowest BCUT2D eigenvalue weighted by atomic mass is 10.0. The molecule has 2 aromatic carbocycles. The Kier molecular flexibility index (Phi) is 28.7. The van der Waals surface area contributed by atoms with Crippen molar-refractivity contribution in [2.45, 2.75) is 94.8 Å². The second kappa shape index (κ2) is 31.9. The fourth-order valence-electron chi connectivity index (χ4n) is 5.41. The number of nitrogens with zero attached hydrogens (tertiary/aromatic N) is 1. The number of amides is 3. The number of aromatic amines is 1. The number of carboxylic acids is 3. The molecule has 29 heteroatoms. The number of hydrogen-bond donors (Lipinski definition) is 13. The maximum absolute atomic E-state index is 13.3. The number of guanidine groups is 1. The summed E-state index contributed by atoms with van der Waals surface area (Å²) in [6, 6.07) is 10.1. The number of nitrogens with one attached hydrogen (secondary N) is 5. The lowest BCUT2D eigenvalue weighted by Gasteiger charge is -2.19.